The van der Waals surface area contributed by atoms with E-state index in [1.807, 2.05) is 0 Å². The maximum absolute atomic E-state index is 5.88. The van der Waals surface area contributed by atoms with Crippen LogP contribution in [0.15, 0.2) is 0 Å². The largest absolute Gasteiger partial charge is 0.375 e. The van der Waals surface area contributed by atoms with Crippen molar-refractivity contribution < 1.29 is 9.47 Å². The molecule has 15 heavy (non-hydrogen) atoms. The summed E-state index contributed by atoms with van der Waals surface area (Å²) >= 11 is 0. The van der Waals surface area contributed by atoms with Crippen molar-refractivity contribution in [2.75, 3.05) is 19.8 Å². The molecule has 2 aliphatic carbocycles. The van der Waals surface area contributed by atoms with E-state index in [1.54, 1.807) is 0 Å². The molecule has 2 rings (SSSR count). The number of likely N-dealkylation sites (N-methyl/N-ethyl adjacent to an activating group) is 1. The van der Waals surface area contributed by atoms with Gasteiger partial charge >= 0.3 is 0 Å². The van der Waals surface area contributed by atoms with Crippen molar-refractivity contribution in [2.24, 2.45) is 5.92 Å². The summed E-state index contributed by atoms with van der Waals surface area (Å²) in [4.78, 5) is 0. The van der Waals surface area contributed by atoms with Gasteiger partial charge in [-0.2, -0.15) is 0 Å². The average molecular weight is 213 g/mol. The molecule has 0 aliphatic heterocycles. The van der Waals surface area contributed by atoms with Gasteiger partial charge in [0, 0.05) is 19.3 Å². The standard InChI is InChI=1S/C12H23NO2/c1-3-13-10-7-11(12(10)14-4-2)15-8-9-5-6-9/h9-13H,3-8H2,1-2H3. The van der Waals surface area contributed by atoms with E-state index in [2.05, 4.69) is 19.2 Å². The zero-order valence-electron chi connectivity index (χ0n) is 9.87. The second kappa shape index (κ2) is 5.28. The molecule has 1 N–H and O–H groups in total. The van der Waals surface area contributed by atoms with Crippen molar-refractivity contribution in [3.05, 3.63) is 0 Å². The predicted molar refractivity (Wildman–Crippen MR) is 60.0 cm³/mol. The Kier molecular flexibility index (Phi) is 4.00. The van der Waals surface area contributed by atoms with Crippen LogP contribution in [0.4, 0.5) is 0 Å². The van der Waals surface area contributed by atoms with Crippen LogP contribution in [-0.4, -0.2) is 38.0 Å². The molecule has 3 unspecified atom stereocenters. The van der Waals surface area contributed by atoms with Gasteiger partial charge in [0.05, 0.1) is 12.2 Å². The number of hydrogen-bond donors (Lipinski definition) is 1. The first-order chi connectivity index (χ1) is 7.35. The lowest BCUT2D eigenvalue weighted by Crippen LogP contribution is -2.60. The lowest BCUT2D eigenvalue weighted by Gasteiger charge is -2.44. The molecule has 0 heterocycles. The van der Waals surface area contributed by atoms with Crippen molar-refractivity contribution >= 4 is 0 Å². The molecule has 88 valence electrons. The Bertz CT molecular complexity index is 194. The Balaban J connectivity index is 1.69. The highest BCUT2D eigenvalue weighted by Gasteiger charge is 2.42. The molecule has 2 saturated carbocycles. The minimum Gasteiger partial charge on any atom is -0.375 e. The van der Waals surface area contributed by atoms with Gasteiger partial charge in [-0.25, -0.2) is 0 Å². The van der Waals surface area contributed by atoms with Crippen molar-refractivity contribution in [1.82, 2.24) is 5.32 Å². The lowest BCUT2D eigenvalue weighted by molar-refractivity contribution is -0.146. The maximum atomic E-state index is 5.88. The fourth-order valence-electron chi connectivity index (χ4n) is 2.17. The number of hydrogen-bond acceptors (Lipinski definition) is 3. The average Bonchev–Trinajstić information content (AvgIpc) is 3.02. The Morgan fingerprint density at radius 2 is 2.00 bits per heavy atom. The fraction of sp³-hybridized carbons (Fsp3) is 1.00. The maximum Gasteiger partial charge on any atom is 0.0990 e. The van der Waals surface area contributed by atoms with Crippen LogP contribution in [0.5, 0.6) is 0 Å². The van der Waals surface area contributed by atoms with Crippen molar-refractivity contribution in [1.29, 1.82) is 0 Å². The molecule has 0 saturated heterocycles. The van der Waals surface area contributed by atoms with Crippen LogP contribution in [0.2, 0.25) is 0 Å². The Labute approximate surface area is 92.5 Å². The highest BCUT2D eigenvalue weighted by molar-refractivity contribution is 4.97. The normalized spacial score (nSPS) is 35.2. The van der Waals surface area contributed by atoms with E-state index in [4.69, 9.17) is 9.47 Å². The molecular weight excluding hydrogens is 190 g/mol. The summed E-state index contributed by atoms with van der Waals surface area (Å²) < 4.78 is 11.6. The molecule has 0 aromatic carbocycles. The minimum absolute atomic E-state index is 0.286. The van der Waals surface area contributed by atoms with Gasteiger partial charge in [0.1, 0.15) is 0 Å². The molecular formula is C12H23NO2. The quantitative estimate of drug-likeness (QED) is 0.696. The number of nitrogens with one attached hydrogen (secondary N) is 1. The van der Waals surface area contributed by atoms with Gasteiger partial charge in [-0.05, 0) is 38.6 Å². The lowest BCUT2D eigenvalue weighted by atomic mass is 9.85. The zero-order valence-corrected chi connectivity index (χ0v) is 9.87. The molecule has 0 spiro atoms. The fourth-order valence-corrected chi connectivity index (χ4v) is 2.17. The van der Waals surface area contributed by atoms with Crippen LogP contribution in [-0.2, 0) is 9.47 Å². The second-order valence-corrected chi connectivity index (χ2v) is 4.63. The molecule has 0 aromatic rings. The van der Waals surface area contributed by atoms with Gasteiger partial charge in [-0.1, -0.05) is 6.92 Å². The van der Waals surface area contributed by atoms with Crippen LogP contribution in [0.1, 0.15) is 33.1 Å². The first-order valence-corrected chi connectivity index (χ1v) is 6.31. The number of ether oxygens (including phenoxy) is 2. The highest BCUT2D eigenvalue weighted by atomic mass is 16.5. The third-order valence-electron chi connectivity index (χ3n) is 3.32. The summed E-state index contributed by atoms with van der Waals surface area (Å²) in [5, 5.41) is 3.45. The van der Waals surface area contributed by atoms with E-state index in [1.165, 1.54) is 12.8 Å². The SMILES string of the molecule is CCNC1CC(OCC2CC2)C1OCC. The van der Waals surface area contributed by atoms with Crippen molar-refractivity contribution in [2.45, 2.75) is 51.4 Å². The van der Waals surface area contributed by atoms with E-state index >= 15 is 0 Å². The summed E-state index contributed by atoms with van der Waals surface area (Å²) in [5.74, 6) is 0.852. The molecule has 3 nitrogen and oxygen atoms in total. The van der Waals surface area contributed by atoms with Gasteiger partial charge < -0.3 is 14.8 Å². The van der Waals surface area contributed by atoms with Crippen LogP contribution in [0.3, 0.4) is 0 Å². The van der Waals surface area contributed by atoms with E-state index < -0.39 is 0 Å². The van der Waals surface area contributed by atoms with Gasteiger partial charge in [0.15, 0.2) is 0 Å². The van der Waals surface area contributed by atoms with E-state index in [9.17, 15) is 0 Å². The first-order valence-electron chi connectivity index (χ1n) is 6.31. The van der Waals surface area contributed by atoms with Gasteiger partial charge in [-0.3, -0.25) is 0 Å². The van der Waals surface area contributed by atoms with Gasteiger partial charge in [0.2, 0.25) is 0 Å². The molecule has 3 atom stereocenters. The molecule has 0 aromatic heterocycles. The third kappa shape index (κ3) is 2.92. The van der Waals surface area contributed by atoms with Crippen LogP contribution < -0.4 is 5.32 Å². The summed E-state index contributed by atoms with van der Waals surface area (Å²) in [5.41, 5.74) is 0. The molecule has 2 aliphatic rings. The molecule has 0 bridgehead atoms. The Morgan fingerprint density at radius 3 is 2.60 bits per heavy atom. The zero-order chi connectivity index (χ0) is 10.7. The van der Waals surface area contributed by atoms with E-state index in [0.29, 0.717) is 12.1 Å². The van der Waals surface area contributed by atoms with E-state index in [0.717, 1.165) is 32.1 Å². The summed E-state index contributed by atoms with van der Waals surface area (Å²) in [7, 11) is 0. The van der Waals surface area contributed by atoms with Crippen LogP contribution in [0.25, 0.3) is 0 Å². The van der Waals surface area contributed by atoms with Crippen molar-refractivity contribution in [3.8, 4) is 0 Å². The van der Waals surface area contributed by atoms with Gasteiger partial charge in [0.25, 0.3) is 0 Å². The third-order valence-corrected chi connectivity index (χ3v) is 3.32. The molecule has 2 fully saturated rings. The highest BCUT2D eigenvalue weighted by Crippen LogP contribution is 2.33. The van der Waals surface area contributed by atoms with Gasteiger partial charge in [-0.15, -0.1) is 0 Å². The topological polar surface area (TPSA) is 30.5 Å². The smallest absolute Gasteiger partial charge is 0.0990 e. The predicted octanol–water partition coefficient (Wildman–Crippen LogP) is 1.57. The molecule has 3 heteroatoms. The van der Waals surface area contributed by atoms with E-state index in [-0.39, 0.29) is 6.10 Å². The summed E-state index contributed by atoms with van der Waals surface area (Å²) in [6.45, 7) is 6.95. The second-order valence-electron chi connectivity index (χ2n) is 4.63. The summed E-state index contributed by atoms with van der Waals surface area (Å²) in [6, 6.07) is 0.513. The Morgan fingerprint density at radius 1 is 1.20 bits per heavy atom. The van der Waals surface area contributed by atoms with Crippen LogP contribution in [0, 0.1) is 5.92 Å². The first kappa shape index (κ1) is 11.4. The van der Waals surface area contributed by atoms with Crippen LogP contribution >= 0.6 is 0 Å². The Hall–Kier alpha value is -0.120. The number of rotatable bonds is 7. The summed E-state index contributed by atoms with van der Waals surface area (Å²) in [6.07, 6.45) is 4.47. The monoisotopic (exact) mass is 213 g/mol. The minimum atomic E-state index is 0.286. The van der Waals surface area contributed by atoms with Crippen molar-refractivity contribution in [3.63, 3.8) is 0 Å². The molecule has 0 radical (unpaired) electrons. The molecule has 0 amide bonds.